The Morgan fingerprint density at radius 1 is 1.30 bits per heavy atom. The molecule has 0 heterocycles. The number of hydrogen-bond donors (Lipinski definition) is 1. The molecule has 1 aromatic rings. The molecule has 2 N–H and O–H groups in total. The van der Waals surface area contributed by atoms with E-state index >= 15 is 0 Å². The van der Waals surface area contributed by atoms with Gasteiger partial charge in [0.1, 0.15) is 0 Å². The molecule has 0 bridgehead atoms. The molecule has 114 valence electrons. The molecule has 0 aliphatic carbocycles. The van der Waals surface area contributed by atoms with Gasteiger partial charge >= 0.3 is 0 Å². The van der Waals surface area contributed by atoms with Gasteiger partial charge in [-0.25, -0.2) is 8.42 Å². The van der Waals surface area contributed by atoms with Crippen molar-refractivity contribution < 1.29 is 8.42 Å². The van der Waals surface area contributed by atoms with E-state index in [9.17, 15) is 8.42 Å². The van der Waals surface area contributed by atoms with Crippen molar-refractivity contribution in [1.29, 1.82) is 0 Å². The Kier molecular flexibility index (Phi) is 6.65. The van der Waals surface area contributed by atoms with Crippen molar-refractivity contribution in [3.05, 3.63) is 29.8 Å². The quantitative estimate of drug-likeness (QED) is 0.798. The van der Waals surface area contributed by atoms with Crippen LogP contribution in [-0.4, -0.2) is 38.2 Å². The van der Waals surface area contributed by atoms with Crippen LogP contribution in [0.5, 0.6) is 0 Å². The molecule has 0 aromatic heterocycles. The Morgan fingerprint density at radius 3 is 2.55 bits per heavy atom. The number of hydrogen-bond acceptors (Lipinski definition) is 4. The minimum atomic E-state index is -3.24. The van der Waals surface area contributed by atoms with Gasteiger partial charge in [-0.05, 0) is 37.6 Å². The summed E-state index contributed by atoms with van der Waals surface area (Å²) in [5.74, 6) is 0.152. The number of nitrogens with two attached hydrogens (primary N) is 1. The lowest BCUT2D eigenvalue weighted by molar-refractivity contribution is 0.227. The zero-order valence-electron chi connectivity index (χ0n) is 12.7. The Labute approximate surface area is 122 Å². The molecule has 0 saturated carbocycles. The number of nitrogens with zero attached hydrogens (tertiary/aromatic N) is 1. The van der Waals surface area contributed by atoms with E-state index in [1.54, 1.807) is 18.2 Å². The molecule has 0 spiro atoms. The maximum Gasteiger partial charge on any atom is 0.179 e. The Bertz CT molecular complexity index is 514. The van der Waals surface area contributed by atoms with Gasteiger partial charge in [-0.1, -0.05) is 26.0 Å². The van der Waals surface area contributed by atoms with Crippen molar-refractivity contribution in [1.82, 2.24) is 4.90 Å². The molecule has 1 rings (SSSR count). The highest BCUT2D eigenvalue weighted by molar-refractivity contribution is 7.91. The number of rotatable bonds is 8. The van der Waals surface area contributed by atoms with Crippen LogP contribution in [0.25, 0.3) is 0 Å². The third-order valence-corrected chi connectivity index (χ3v) is 5.45. The highest BCUT2D eigenvalue weighted by atomic mass is 32.2. The van der Waals surface area contributed by atoms with Crippen molar-refractivity contribution in [2.75, 3.05) is 18.8 Å². The van der Waals surface area contributed by atoms with Crippen LogP contribution in [0.1, 0.15) is 32.8 Å². The zero-order valence-corrected chi connectivity index (χ0v) is 13.5. The average Bonchev–Trinajstić information content (AvgIpc) is 2.47. The normalized spacial score (nSPS) is 13.7. The maximum absolute atomic E-state index is 12.4. The summed E-state index contributed by atoms with van der Waals surface area (Å²) in [6.07, 6.45) is 1.02. The Balaban J connectivity index is 2.79. The van der Waals surface area contributed by atoms with Crippen molar-refractivity contribution >= 4 is 9.84 Å². The summed E-state index contributed by atoms with van der Waals surface area (Å²) in [7, 11) is -3.24. The molecule has 0 aliphatic heterocycles. The molecule has 1 atom stereocenters. The molecule has 0 saturated heterocycles. The Morgan fingerprint density at radius 2 is 2.00 bits per heavy atom. The van der Waals surface area contributed by atoms with Crippen LogP contribution in [0.15, 0.2) is 29.2 Å². The molecule has 1 unspecified atom stereocenters. The molecule has 0 aliphatic rings. The van der Waals surface area contributed by atoms with Gasteiger partial charge in [0.15, 0.2) is 9.84 Å². The van der Waals surface area contributed by atoms with E-state index in [4.69, 9.17) is 5.73 Å². The first-order valence-electron chi connectivity index (χ1n) is 7.20. The first kappa shape index (κ1) is 17.1. The molecule has 1 aromatic carbocycles. The van der Waals surface area contributed by atoms with Gasteiger partial charge in [0.2, 0.25) is 0 Å². The van der Waals surface area contributed by atoms with E-state index in [0.29, 0.717) is 24.0 Å². The number of benzene rings is 1. The lowest BCUT2D eigenvalue weighted by Crippen LogP contribution is -2.36. The van der Waals surface area contributed by atoms with Gasteiger partial charge in [0.25, 0.3) is 0 Å². The summed E-state index contributed by atoms with van der Waals surface area (Å²) in [6.45, 7) is 8.11. The molecule has 5 heteroatoms. The van der Waals surface area contributed by atoms with Crippen LogP contribution >= 0.6 is 0 Å². The summed E-state index contributed by atoms with van der Waals surface area (Å²) in [5.41, 5.74) is 6.41. The van der Waals surface area contributed by atoms with Crippen molar-refractivity contribution in [2.24, 2.45) is 5.73 Å². The first-order valence-corrected chi connectivity index (χ1v) is 8.85. The summed E-state index contributed by atoms with van der Waals surface area (Å²) >= 11 is 0. The van der Waals surface area contributed by atoms with Crippen LogP contribution in [0.4, 0.5) is 0 Å². The third kappa shape index (κ3) is 4.58. The zero-order chi connectivity index (χ0) is 15.2. The largest absolute Gasteiger partial charge is 0.326 e. The SMILES string of the molecule is CCC(C)N(CC)CCS(=O)(=O)c1cccc(CN)c1. The van der Waals surface area contributed by atoms with Crippen LogP contribution in [0.3, 0.4) is 0 Å². The predicted molar refractivity (Wildman–Crippen MR) is 83.4 cm³/mol. The van der Waals surface area contributed by atoms with Crippen molar-refractivity contribution in [3.8, 4) is 0 Å². The van der Waals surface area contributed by atoms with Crippen LogP contribution in [-0.2, 0) is 16.4 Å². The van der Waals surface area contributed by atoms with Crippen molar-refractivity contribution in [2.45, 2.75) is 44.7 Å². The van der Waals surface area contributed by atoms with E-state index < -0.39 is 9.84 Å². The average molecular weight is 298 g/mol. The minimum absolute atomic E-state index is 0.152. The maximum atomic E-state index is 12.4. The van der Waals surface area contributed by atoms with E-state index in [0.717, 1.165) is 18.5 Å². The fourth-order valence-electron chi connectivity index (χ4n) is 2.17. The van der Waals surface area contributed by atoms with E-state index in [2.05, 4.69) is 25.7 Å². The first-order chi connectivity index (χ1) is 9.44. The standard InChI is InChI=1S/C15H26N2O2S/c1-4-13(3)17(5-2)9-10-20(18,19)15-8-6-7-14(11-15)12-16/h6-8,11,13H,4-5,9-10,12,16H2,1-3H3. The molecule has 0 fully saturated rings. The van der Waals surface area contributed by atoms with Gasteiger partial charge in [0.05, 0.1) is 10.6 Å². The van der Waals surface area contributed by atoms with Gasteiger partial charge < -0.3 is 5.73 Å². The molecule has 4 nitrogen and oxygen atoms in total. The molecule has 0 amide bonds. The summed E-state index contributed by atoms with van der Waals surface area (Å²) in [6, 6.07) is 7.33. The molecular weight excluding hydrogens is 272 g/mol. The highest BCUT2D eigenvalue weighted by Gasteiger charge is 2.18. The van der Waals surface area contributed by atoms with Gasteiger partial charge in [0, 0.05) is 19.1 Å². The van der Waals surface area contributed by atoms with Gasteiger partial charge in [-0.3, -0.25) is 4.90 Å². The fraction of sp³-hybridized carbons (Fsp3) is 0.600. The van der Waals surface area contributed by atoms with E-state index in [1.807, 2.05) is 6.07 Å². The fourth-order valence-corrected chi connectivity index (χ4v) is 3.50. The Hall–Kier alpha value is -0.910. The van der Waals surface area contributed by atoms with Crippen LogP contribution < -0.4 is 5.73 Å². The lowest BCUT2D eigenvalue weighted by Gasteiger charge is -2.26. The number of sulfone groups is 1. The summed E-state index contributed by atoms with van der Waals surface area (Å²) in [4.78, 5) is 2.57. The second-order valence-corrected chi connectivity index (χ2v) is 7.17. The smallest absolute Gasteiger partial charge is 0.179 e. The second-order valence-electron chi connectivity index (χ2n) is 5.06. The predicted octanol–water partition coefficient (Wildman–Crippen LogP) is 2.04. The van der Waals surface area contributed by atoms with Crippen LogP contribution in [0, 0.1) is 0 Å². The summed E-state index contributed by atoms with van der Waals surface area (Å²) in [5, 5.41) is 0. The van der Waals surface area contributed by atoms with Crippen LogP contribution in [0.2, 0.25) is 0 Å². The second kappa shape index (κ2) is 7.76. The van der Waals surface area contributed by atoms with Gasteiger partial charge in [-0.15, -0.1) is 0 Å². The van der Waals surface area contributed by atoms with E-state index in [1.165, 1.54) is 0 Å². The molecule has 20 heavy (non-hydrogen) atoms. The van der Waals surface area contributed by atoms with Crippen molar-refractivity contribution in [3.63, 3.8) is 0 Å². The molecule has 0 radical (unpaired) electrons. The monoisotopic (exact) mass is 298 g/mol. The highest BCUT2D eigenvalue weighted by Crippen LogP contribution is 2.14. The van der Waals surface area contributed by atoms with E-state index in [-0.39, 0.29) is 5.75 Å². The molecular formula is C15H26N2O2S. The lowest BCUT2D eigenvalue weighted by atomic mass is 10.2. The minimum Gasteiger partial charge on any atom is -0.326 e. The summed E-state index contributed by atoms with van der Waals surface area (Å²) < 4.78 is 24.7. The van der Waals surface area contributed by atoms with Gasteiger partial charge in [-0.2, -0.15) is 0 Å². The third-order valence-electron chi connectivity index (χ3n) is 3.76. The topological polar surface area (TPSA) is 63.4 Å².